The van der Waals surface area contributed by atoms with Gasteiger partial charge in [-0.2, -0.15) is 13.2 Å². The molecule has 0 amide bonds. The predicted octanol–water partition coefficient (Wildman–Crippen LogP) is 6.11. The number of aryl methyl sites for hydroxylation is 2. The molecule has 150 valence electrons. The fourth-order valence-corrected chi connectivity index (χ4v) is 4.28. The van der Waals surface area contributed by atoms with Crippen LogP contribution in [-0.4, -0.2) is 6.04 Å². The Balaban J connectivity index is 1.61. The Bertz CT molecular complexity index is 946. The first-order valence-electron chi connectivity index (χ1n) is 9.99. The van der Waals surface area contributed by atoms with Crippen molar-refractivity contribution in [3.05, 3.63) is 106 Å². The van der Waals surface area contributed by atoms with Crippen LogP contribution in [0.15, 0.2) is 72.8 Å². The summed E-state index contributed by atoms with van der Waals surface area (Å²) in [5.74, 6) is 0. The Hall–Kier alpha value is -2.59. The second-order valence-electron chi connectivity index (χ2n) is 7.80. The van der Waals surface area contributed by atoms with Gasteiger partial charge in [-0.05, 0) is 60.1 Å². The molecule has 0 radical (unpaired) electrons. The second-order valence-corrected chi connectivity index (χ2v) is 7.80. The van der Waals surface area contributed by atoms with E-state index in [0.29, 0.717) is 12.0 Å². The molecule has 1 atom stereocenters. The van der Waals surface area contributed by atoms with Crippen LogP contribution in [0.4, 0.5) is 13.2 Å². The van der Waals surface area contributed by atoms with Crippen molar-refractivity contribution in [3.63, 3.8) is 0 Å². The number of alkyl halides is 3. The van der Waals surface area contributed by atoms with Crippen molar-refractivity contribution < 1.29 is 13.2 Å². The second kappa shape index (κ2) is 8.03. The van der Waals surface area contributed by atoms with Crippen LogP contribution in [0.1, 0.15) is 46.3 Å². The van der Waals surface area contributed by atoms with E-state index in [1.807, 2.05) is 6.92 Å². The van der Waals surface area contributed by atoms with Crippen molar-refractivity contribution in [2.75, 3.05) is 0 Å². The van der Waals surface area contributed by atoms with Gasteiger partial charge in [0.15, 0.2) is 0 Å². The molecule has 3 aromatic rings. The van der Waals surface area contributed by atoms with Gasteiger partial charge in [0.1, 0.15) is 0 Å². The van der Waals surface area contributed by atoms with E-state index in [0.717, 1.165) is 18.9 Å². The number of rotatable bonds is 4. The van der Waals surface area contributed by atoms with Crippen molar-refractivity contribution >= 4 is 0 Å². The van der Waals surface area contributed by atoms with E-state index in [2.05, 4.69) is 53.8 Å². The van der Waals surface area contributed by atoms with Gasteiger partial charge < -0.3 is 5.32 Å². The molecular weight excluding hydrogens is 371 g/mol. The maximum atomic E-state index is 13.0. The first kappa shape index (κ1) is 19.7. The Morgan fingerprint density at radius 2 is 1.45 bits per heavy atom. The van der Waals surface area contributed by atoms with Gasteiger partial charge in [-0.15, -0.1) is 0 Å². The molecule has 1 nitrogen and oxygen atoms in total. The molecule has 0 saturated heterocycles. The largest absolute Gasteiger partial charge is 0.416 e. The molecule has 0 spiro atoms. The summed E-state index contributed by atoms with van der Waals surface area (Å²) in [7, 11) is 0. The maximum absolute atomic E-state index is 13.0. The zero-order valence-electron chi connectivity index (χ0n) is 16.3. The molecule has 0 fully saturated rings. The average Bonchev–Trinajstić information content (AvgIpc) is 2.85. The summed E-state index contributed by atoms with van der Waals surface area (Å²) >= 11 is 0. The van der Waals surface area contributed by atoms with Gasteiger partial charge in [0.05, 0.1) is 11.6 Å². The third-order valence-corrected chi connectivity index (χ3v) is 5.64. The molecular formula is C25H24F3N. The number of benzene rings is 3. The number of hydrogen-bond donors (Lipinski definition) is 1. The van der Waals surface area contributed by atoms with Crippen molar-refractivity contribution in [2.24, 2.45) is 0 Å². The molecule has 0 bridgehead atoms. The third kappa shape index (κ3) is 4.38. The lowest BCUT2D eigenvalue weighted by Crippen LogP contribution is -2.33. The van der Waals surface area contributed by atoms with E-state index in [4.69, 9.17) is 0 Å². The molecule has 0 aromatic heterocycles. The van der Waals surface area contributed by atoms with Gasteiger partial charge in [-0.25, -0.2) is 0 Å². The maximum Gasteiger partial charge on any atom is 0.416 e. The zero-order chi connectivity index (χ0) is 20.4. The van der Waals surface area contributed by atoms with Crippen LogP contribution in [0.2, 0.25) is 0 Å². The molecule has 3 aromatic carbocycles. The van der Waals surface area contributed by atoms with Crippen molar-refractivity contribution in [1.82, 2.24) is 5.32 Å². The summed E-state index contributed by atoms with van der Waals surface area (Å²) in [5.41, 5.74) is 5.27. The standard InChI is InChI=1S/C25H24F3N/c1-17(15-18-7-6-10-21(16-18)25(26,27)28)29-24-22-11-4-2-8-19(22)13-14-20-9-3-5-12-23(20)24/h2-12,16-17,24,29H,13-15H2,1H3. The lowest BCUT2D eigenvalue weighted by molar-refractivity contribution is -0.137. The Morgan fingerprint density at radius 3 is 2.03 bits per heavy atom. The average molecular weight is 395 g/mol. The molecule has 4 rings (SSSR count). The molecule has 1 N–H and O–H groups in total. The van der Waals surface area contributed by atoms with Crippen LogP contribution < -0.4 is 5.32 Å². The lowest BCUT2D eigenvalue weighted by Gasteiger charge is -2.26. The van der Waals surface area contributed by atoms with Gasteiger partial charge in [0, 0.05) is 6.04 Å². The summed E-state index contributed by atoms with van der Waals surface area (Å²) in [6.07, 6.45) is -1.79. The first-order chi connectivity index (χ1) is 13.9. The van der Waals surface area contributed by atoms with Crippen molar-refractivity contribution in [2.45, 2.75) is 44.4 Å². The number of nitrogens with one attached hydrogen (secondary N) is 1. The predicted molar refractivity (Wildman–Crippen MR) is 110 cm³/mol. The van der Waals surface area contributed by atoms with E-state index in [1.54, 1.807) is 6.07 Å². The summed E-state index contributed by atoms with van der Waals surface area (Å²) in [4.78, 5) is 0. The highest BCUT2D eigenvalue weighted by Gasteiger charge is 2.30. The minimum absolute atomic E-state index is 0.0164. The van der Waals surface area contributed by atoms with Gasteiger partial charge in [-0.3, -0.25) is 0 Å². The summed E-state index contributed by atoms with van der Waals surface area (Å²) in [6, 6.07) is 22.6. The van der Waals surface area contributed by atoms with Gasteiger partial charge in [-0.1, -0.05) is 66.7 Å². The Labute approximate surface area is 169 Å². The highest BCUT2D eigenvalue weighted by Crippen LogP contribution is 2.33. The minimum atomic E-state index is -4.31. The quantitative estimate of drug-likeness (QED) is 0.562. The van der Waals surface area contributed by atoms with E-state index >= 15 is 0 Å². The Morgan fingerprint density at radius 1 is 0.862 bits per heavy atom. The topological polar surface area (TPSA) is 12.0 Å². The highest BCUT2D eigenvalue weighted by atomic mass is 19.4. The highest BCUT2D eigenvalue weighted by molar-refractivity contribution is 5.44. The van der Waals surface area contributed by atoms with Crippen LogP contribution in [0.5, 0.6) is 0 Å². The van der Waals surface area contributed by atoms with Crippen LogP contribution in [0.25, 0.3) is 0 Å². The van der Waals surface area contributed by atoms with Crippen LogP contribution in [0, 0.1) is 0 Å². The van der Waals surface area contributed by atoms with Crippen molar-refractivity contribution in [3.8, 4) is 0 Å². The van der Waals surface area contributed by atoms with E-state index in [9.17, 15) is 13.2 Å². The van der Waals surface area contributed by atoms with Crippen LogP contribution in [0.3, 0.4) is 0 Å². The molecule has 0 heterocycles. The van der Waals surface area contributed by atoms with E-state index in [1.165, 1.54) is 34.4 Å². The summed E-state index contributed by atoms with van der Waals surface area (Å²) < 4.78 is 39.1. The van der Waals surface area contributed by atoms with Gasteiger partial charge in [0.2, 0.25) is 0 Å². The van der Waals surface area contributed by atoms with Gasteiger partial charge in [0.25, 0.3) is 0 Å². The summed E-state index contributed by atoms with van der Waals surface area (Å²) in [5, 5.41) is 3.70. The van der Waals surface area contributed by atoms with Gasteiger partial charge >= 0.3 is 6.18 Å². The molecule has 1 aliphatic carbocycles. The van der Waals surface area contributed by atoms with Crippen LogP contribution in [-0.2, 0) is 25.4 Å². The zero-order valence-corrected chi connectivity index (χ0v) is 16.3. The number of hydrogen-bond acceptors (Lipinski definition) is 1. The molecule has 29 heavy (non-hydrogen) atoms. The Kier molecular flexibility index (Phi) is 5.46. The smallest absolute Gasteiger partial charge is 0.303 e. The fraction of sp³-hybridized carbons (Fsp3) is 0.280. The SMILES string of the molecule is CC(Cc1cccc(C(F)(F)F)c1)NC1c2ccccc2CCc2ccccc21. The number of fused-ring (bicyclic) bond motifs is 2. The van der Waals surface area contributed by atoms with E-state index < -0.39 is 11.7 Å². The summed E-state index contributed by atoms with van der Waals surface area (Å²) in [6.45, 7) is 2.04. The minimum Gasteiger partial charge on any atom is -0.303 e. The molecule has 0 saturated carbocycles. The van der Waals surface area contributed by atoms with Crippen molar-refractivity contribution in [1.29, 1.82) is 0 Å². The molecule has 0 aliphatic heterocycles. The first-order valence-corrected chi connectivity index (χ1v) is 9.99. The normalized spacial score (nSPS) is 15.3. The molecule has 1 unspecified atom stereocenters. The molecule has 4 heteroatoms. The van der Waals surface area contributed by atoms with Crippen LogP contribution >= 0.6 is 0 Å². The van der Waals surface area contributed by atoms with E-state index in [-0.39, 0.29) is 12.1 Å². The molecule has 1 aliphatic rings. The lowest BCUT2D eigenvalue weighted by atomic mass is 9.93. The monoisotopic (exact) mass is 395 g/mol. The third-order valence-electron chi connectivity index (χ3n) is 5.64. The fourth-order valence-electron chi connectivity index (χ4n) is 4.28. The number of halogens is 3.